The molecule has 0 aromatic heterocycles. The second kappa shape index (κ2) is 79.8. The van der Waals surface area contributed by atoms with Crippen LogP contribution in [-0.2, 0) is 65.4 Å². The summed E-state index contributed by atoms with van der Waals surface area (Å²) < 4.78 is 68.6. The molecule has 108 heavy (non-hydrogen) atoms. The van der Waals surface area contributed by atoms with Crippen molar-refractivity contribution >= 4 is 39.5 Å². The monoisotopic (exact) mass is 1550 g/mol. The molecule has 0 rings (SSSR count). The summed E-state index contributed by atoms with van der Waals surface area (Å²) in [6.07, 6.45) is 93.9. The van der Waals surface area contributed by atoms with Gasteiger partial charge in [-0.1, -0.05) is 327 Å². The molecular formula is C89H148O17P2. The smallest absolute Gasteiger partial charge is 0.462 e. The Labute approximate surface area is 655 Å². The summed E-state index contributed by atoms with van der Waals surface area (Å²) >= 11 is 0. The second-order valence-corrected chi connectivity index (χ2v) is 30.2. The van der Waals surface area contributed by atoms with Crippen molar-refractivity contribution in [3.8, 4) is 0 Å². The zero-order valence-electron chi connectivity index (χ0n) is 67.5. The summed E-state index contributed by atoms with van der Waals surface area (Å²) in [6, 6.07) is 0. The molecule has 0 amide bonds. The average molecular weight is 1550 g/mol. The third-order valence-corrected chi connectivity index (χ3v) is 18.9. The van der Waals surface area contributed by atoms with Crippen molar-refractivity contribution in [2.24, 2.45) is 0 Å². The topological polar surface area (TPSA) is 237 Å². The molecule has 19 heteroatoms. The highest BCUT2D eigenvalue weighted by Gasteiger charge is 2.30. The number of carbonyl (C=O) groups excluding carboxylic acids is 4. The highest BCUT2D eigenvalue weighted by molar-refractivity contribution is 7.47. The van der Waals surface area contributed by atoms with Gasteiger partial charge in [0, 0.05) is 25.7 Å². The number of phosphoric acid groups is 2. The normalized spacial score (nSPS) is 14.6. The number of hydrogen-bond donors (Lipinski definition) is 3. The fraction of sp³-hybridized carbons (Fsp3) is 0.663. The number of aliphatic hydroxyl groups excluding tert-OH is 1. The number of allylic oxidation sites excluding steroid dienone is 26. The van der Waals surface area contributed by atoms with E-state index in [2.05, 4.69) is 149 Å². The van der Waals surface area contributed by atoms with E-state index in [0.29, 0.717) is 38.5 Å². The number of aliphatic hydroxyl groups is 1. The van der Waals surface area contributed by atoms with Crippen LogP contribution in [0.2, 0.25) is 0 Å². The Bertz CT molecular complexity index is 2660. The van der Waals surface area contributed by atoms with Crippen LogP contribution in [0.5, 0.6) is 0 Å². The largest absolute Gasteiger partial charge is 0.472 e. The lowest BCUT2D eigenvalue weighted by Crippen LogP contribution is -2.30. The van der Waals surface area contributed by atoms with Crippen molar-refractivity contribution in [2.45, 2.75) is 341 Å². The summed E-state index contributed by atoms with van der Waals surface area (Å²) in [6.45, 7) is 4.48. The second-order valence-electron chi connectivity index (χ2n) is 27.3. The Balaban J connectivity index is 5.50. The van der Waals surface area contributed by atoms with E-state index in [0.717, 1.165) is 141 Å². The number of hydrogen-bond acceptors (Lipinski definition) is 15. The van der Waals surface area contributed by atoms with Gasteiger partial charge in [-0.05, 0) is 128 Å². The summed E-state index contributed by atoms with van der Waals surface area (Å²) in [5.74, 6) is -2.37. The van der Waals surface area contributed by atoms with E-state index in [-0.39, 0.29) is 25.7 Å². The molecule has 3 N–H and O–H groups in total. The van der Waals surface area contributed by atoms with E-state index in [1.54, 1.807) is 0 Å². The molecule has 17 nitrogen and oxygen atoms in total. The van der Waals surface area contributed by atoms with Crippen molar-refractivity contribution < 1.29 is 80.2 Å². The highest BCUT2D eigenvalue weighted by Crippen LogP contribution is 2.45. The SMILES string of the molecule is CC/C=C\C/C=C\C/C=C\C/C=C\C/C=C\C/C=C\CCC(=O)OC[C@H](COP(=O)(O)OCC(O)COP(=O)(O)OC[C@@H](COC(=O)CCCCCCCCCCCCCCCCC)OC(=O)CC/C=C\C/C=C\C/C=C\C/C=C\C/C=C\C/C=C\CC)OC(=O)CCCCCCCCC/C=C\CCCCCC. The number of rotatable bonds is 77. The van der Waals surface area contributed by atoms with E-state index in [1.165, 1.54) is 89.9 Å². The third kappa shape index (κ3) is 78.8. The minimum Gasteiger partial charge on any atom is -0.462 e. The van der Waals surface area contributed by atoms with E-state index in [9.17, 15) is 43.2 Å². The van der Waals surface area contributed by atoms with Crippen molar-refractivity contribution in [2.75, 3.05) is 39.6 Å². The van der Waals surface area contributed by atoms with E-state index >= 15 is 0 Å². The Kier molecular flexibility index (Phi) is 75.8. The van der Waals surface area contributed by atoms with Crippen LogP contribution in [0, 0.1) is 0 Å². The zero-order chi connectivity index (χ0) is 78.9. The molecule has 0 aromatic carbocycles. The van der Waals surface area contributed by atoms with Gasteiger partial charge >= 0.3 is 39.5 Å². The molecule has 3 unspecified atom stereocenters. The lowest BCUT2D eigenvalue weighted by Gasteiger charge is -2.21. The van der Waals surface area contributed by atoms with Crippen molar-refractivity contribution in [1.29, 1.82) is 0 Å². The third-order valence-electron chi connectivity index (χ3n) is 17.0. The molecule has 0 heterocycles. The molecule has 0 saturated heterocycles. The van der Waals surface area contributed by atoms with Crippen molar-refractivity contribution in [1.82, 2.24) is 0 Å². The maximum absolute atomic E-state index is 13.1. The van der Waals surface area contributed by atoms with Crippen LogP contribution in [0.4, 0.5) is 0 Å². The molecule has 0 radical (unpaired) electrons. The maximum Gasteiger partial charge on any atom is 0.472 e. The molecular weight excluding hydrogens is 1400 g/mol. The fourth-order valence-corrected chi connectivity index (χ4v) is 12.3. The Morgan fingerprint density at radius 1 is 0.269 bits per heavy atom. The van der Waals surface area contributed by atoms with Gasteiger partial charge in [-0.2, -0.15) is 0 Å². The Morgan fingerprint density at radius 3 is 0.824 bits per heavy atom. The number of unbranched alkanes of at least 4 members (excludes halogenated alkanes) is 25. The quantitative estimate of drug-likeness (QED) is 0.0169. The van der Waals surface area contributed by atoms with Crippen LogP contribution in [0.1, 0.15) is 323 Å². The Morgan fingerprint density at radius 2 is 0.500 bits per heavy atom. The first-order valence-corrected chi connectivity index (χ1v) is 44.7. The van der Waals surface area contributed by atoms with Crippen LogP contribution in [0.15, 0.2) is 158 Å². The molecule has 0 spiro atoms. The number of esters is 4. The van der Waals surface area contributed by atoms with Crippen LogP contribution in [-0.4, -0.2) is 96.7 Å². The van der Waals surface area contributed by atoms with Crippen LogP contribution >= 0.6 is 15.6 Å². The molecule has 0 aromatic rings. The van der Waals surface area contributed by atoms with Gasteiger partial charge < -0.3 is 33.8 Å². The fourth-order valence-electron chi connectivity index (χ4n) is 10.7. The Hall–Kier alpha value is -5.32. The predicted molar refractivity (Wildman–Crippen MR) is 445 cm³/mol. The lowest BCUT2D eigenvalue weighted by molar-refractivity contribution is -0.161. The summed E-state index contributed by atoms with van der Waals surface area (Å²) in [7, 11) is -10.0. The number of carbonyl (C=O) groups is 4. The summed E-state index contributed by atoms with van der Waals surface area (Å²) in [5.41, 5.74) is 0. The van der Waals surface area contributed by atoms with Crippen molar-refractivity contribution in [3.63, 3.8) is 0 Å². The molecule has 616 valence electrons. The van der Waals surface area contributed by atoms with Gasteiger partial charge in [0.05, 0.1) is 26.4 Å². The highest BCUT2D eigenvalue weighted by atomic mass is 31.2. The van der Waals surface area contributed by atoms with E-state index < -0.39 is 97.5 Å². The number of phosphoric ester groups is 2. The molecule has 0 bridgehead atoms. The minimum absolute atomic E-state index is 0.0301. The van der Waals surface area contributed by atoms with Gasteiger partial charge in [-0.15, -0.1) is 0 Å². The molecule has 5 atom stereocenters. The van der Waals surface area contributed by atoms with Gasteiger partial charge in [-0.25, -0.2) is 9.13 Å². The summed E-state index contributed by atoms with van der Waals surface area (Å²) in [4.78, 5) is 73.1. The predicted octanol–water partition coefficient (Wildman–Crippen LogP) is 24.8. The van der Waals surface area contributed by atoms with Crippen molar-refractivity contribution in [3.05, 3.63) is 158 Å². The average Bonchev–Trinajstić information content (AvgIpc) is 0.914. The first kappa shape index (κ1) is 103. The molecule has 0 aliphatic carbocycles. The lowest BCUT2D eigenvalue weighted by atomic mass is 10.0. The molecule has 0 aliphatic heterocycles. The summed E-state index contributed by atoms with van der Waals surface area (Å²) in [5, 5.41) is 10.7. The van der Waals surface area contributed by atoms with Gasteiger partial charge in [-0.3, -0.25) is 37.3 Å². The first-order chi connectivity index (χ1) is 52.7. The standard InChI is InChI=1S/C89H148O17P2/c1-5-9-13-17-21-25-29-33-37-39-41-43-47-50-54-58-62-66-70-74-87(92)100-80-84(105-88(93)75-71-67-63-59-55-51-46-36-32-28-24-20-16-12-8-4)81-103-107(95,96)101-77-83(90)78-102-108(97,98)104-82-85(79-99-86(91)73-69-65-61-57-53-49-45-35-31-27-23-19-15-11-7-3)106-89(94)76-72-68-64-60-56-52-48-44-42-40-38-34-30-26-22-18-14-10-6-2/h9-10,13-14,21-22,25-26,28,32-34,37-38,41-44,50,52,54,56,62,64,66,68,83-85,90H,5-8,11-12,15-20,23-24,27,29-31,35-36,39-40,45-49,51,53,55,57-61,63,65,67,69-82H2,1-4H3,(H,95,96)(H,97,98)/b13-9-,14-10-,25-21-,26-22-,32-28-,37-33-,38-34-,43-41-,44-42-,54-50-,56-52-,66-62-,68-64-/t83?,84-,85-/m1/s1. The van der Waals surface area contributed by atoms with Crippen LogP contribution in [0.25, 0.3) is 0 Å². The molecule has 0 fully saturated rings. The molecule has 0 aliphatic rings. The maximum atomic E-state index is 13.1. The zero-order valence-corrected chi connectivity index (χ0v) is 69.3. The van der Waals surface area contributed by atoms with Gasteiger partial charge in [0.2, 0.25) is 0 Å². The van der Waals surface area contributed by atoms with Gasteiger partial charge in [0.15, 0.2) is 12.2 Å². The number of ether oxygens (including phenoxy) is 4. The minimum atomic E-state index is -5.01. The van der Waals surface area contributed by atoms with Gasteiger partial charge in [0.1, 0.15) is 19.3 Å². The van der Waals surface area contributed by atoms with Crippen LogP contribution in [0.3, 0.4) is 0 Å². The molecule has 0 saturated carbocycles. The van der Waals surface area contributed by atoms with Gasteiger partial charge in [0.25, 0.3) is 0 Å². The first-order valence-electron chi connectivity index (χ1n) is 41.7. The van der Waals surface area contributed by atoms with E-state index in [1.807, 2.05) is 36.5 Å². The van der Waals surface area contributed by atoms with Crippen LogP contribution < -0.4 is 0 Å². The van der Waals surface area contributed by atoms with E-state index in [4.69, 9.17) is 37.0 Å².